The van der Waals surface area contributed by atoms with E-state index in [1.54, 1.807) is 0 Å². The summed E-state index contributed by atoms with van der Waals surface area (Å²) in [6.07, 6.45) is 0.0208. The number of piperidine rings is 1. The second kappa shape index (κ2) is 6.61. The molecule has 2 nitrogen and oxygen atoms in total. The van der Waals surface area contributed by atoms with Crippen LogP contribution >= 0.6 is 12.4 Å². The van der Waals surface area contributed by atoms with E-state index in [0.717, 1.165) is 0 Å². The molecule has 2 N–H and O–H groups in total. The molecule has 16 heavy (non-hydrogen) atoms. The zero-order valence-electron chi connectivity index (χ0n) is 8.87. The minimum absolute atomic E-state index is 0. The van der Waals surface area contributed by atoms with Gasteiger partial charge in [0.2, 0.25) is 0 Å². The van der Waals surface area contributed by atoms with Crippen molar-refractivity contribution in [2.75, 3.05) is 26.2 Å². The van der Waals surface area contributed by atoms with E-state index in [-0.39, 0.29) is 38.2 Å². The molecule has 0 radical (unpaired) electrons. The number of rotatable bonds is 0. The molecule has 2 rings (SSSR count). The Labute approximate surface area is 98.6 Å². The average Bonchev–Trinajstić information content (AvgIpc) is 2.51. The van der Waals surface area contributed by atoms with Crippen LogP contribution in [-0.2, 0) is 0 Å². The van der Waals surface area contributed by atoms with Crippen LogP contribution in [0.25, 0.3) is 0 Å². The first kappa shape index (κ1) is 15.9. The molecule has 0 aromatic rings. The monoisotopic (exact) mass is 264 g/mol. The van der Waals surface area contributed by atoms with Gasteiger partial charge in [-0.15, -0.1) is 12.4 Å². The molecule has 0 atom stereocenters. The third kappa shape index (κ3) is 6.50. The highest BCUT2D eigenvalue weighted by Gasteiger charge is 2.32. The molecule has 0 aromatic heterocycles. The smallest absolute Gasteiger partial charge is 0.261 e. The molecular formula is C9H17ClF4N2. The molecule has 2 aliphatic rings. The Morgan fingerprint density at radius 1 is 0.688 bits per heavy atom. The van der Waals surface area contributed by atoms with Crippen LogP contribution in [-0.4, -0.2) is 38.0 Å². The maximum Gasteiger partial charge on any atom is 0.261 e. The minimum Gasteiger partial charge on any atom is -0.316 e. The molecule has 2 heterocycles. The fourth-order valence-electron chi connectivity index (χ4n) is 1.42. The van der Waals surface area contributed by atoms with Crippen molar-refractivity contribution >= 4 is 12.4 Å². The van der Waals surface area contributed by atoms with Gasteiger partial charge in [-0.05, 0) is 0 Å². The maximum absolute atomic E-state index is 12.2. The van der Waals surface area contributed by atoms with Gasteiger partial charge in [-0.1, -0.05) is 0 Å². The van der Waals surface area contributed by atoms with Crippen LogP contribution in [0.1, 0.15) is 19.3 Å². The predicted molar refractivity (Wildman–Crippen MR) is 56.7 cm³/mol. The molecule has 0 saturated carbocycles. The Hall–Kier alpha value is -0.0700. The van der Waals surface area contributed by atoms with Gasteiger partial charge in [-0.3, -0.25) is 0 Å². The molecule has 0 aromatic carbocycles. The summed E-state index contributed by atoms with van der Waals surface area (Å²) in [5, 5.41) is 5.42. The molecule has 0 spiro atoms. The van der Waals surface area contributed by atoms with Crippen molar-refractivity contribution in [1.82, 2.24) is 10.6 Å². The van der Waals surface area contributed by atoms with E-state index in [4.69, 9.17) is 0 Å². The molecule has 0 aliphatic carbocycles. The van der Waals surface area contributed by atoms with Crippen molar-refractivity contribution in [3.8, 4) is 0 Å². The highest BCUT2D eigenvalue weighted by atomic mass is 35.5. The van der Waals surface area contributed by atoms with Gasteiger partial charge in [0.1, 0.15) is 0 Å². The third-order valence-electron chi connectivity index (χ3n) is 2.39. The molecular weight excluding hydrogens is 248 g/mol. The fourth-order valence-corrected chi connectivity index (χ4v) is 1.42. The molecule has 0 bridgehead atoms. The van der Waals surface area contributed by atoms with Gasteiger partial charge in [0.05, 0.1) is 6.54 Å². The van der Waals surface area contributed by atoms with E-state index in [1.165, 1.54) is 0 Å². The minimum atomic E-state index is -2.42. The highest BCUT2D eigenvalue weighted by Crippen LogP contribution is 2.23. The topological polar surface area (TPSA) is 24.1 Å². The van der Waals surface area contributed by atoms with Crippen molar-refractivity contribution in [2.45, 2.75) is 31.1 Å². The van der Waals surface area contributed by atoms with Crippen LogP contribution in [0.5, 0.6) is 0 Å². The van der Waals surface area contributed by atoms with Crippen molar-refractivity contribution in [3.05, 3.63) is 0 Å². The molecule has 0 amide bonds. The number of nitrogens with one attached hydrogen (secondary N) is 2. The zero-order chi connectivity index (χ0) is 11.4. The summed E-state index contributed by atoms with van der Waals surface area (Å²) >= 11 is 0. The van der Waals surface area contributed by atoms with Gasteiger partial charge in [0.25, 0.3) is 11.8 Å². The van der Waals surface area contributed by atoms with E-state index in [0.29, 0.717) is 19.6 Å². The van der Waals surface area contributed by atoms with Crippen LogP contribution in [0, 0.1) is 0 Å². The van der Waals surface area contributed by atoms with E-state index >= 15 is 0 Å². The van der Waals surface area contributed by atoms with Gasteiger partial charge in [-0.2, -0.15) is 0 Å². The lowest BCUT2D eigenvalue weighted by molar-refractivity contribution is -0.0274. The van der Waals surface area contributed by atoms with Gasteiger partial charge >= 0.3 is 0 Å². The molecule has 2 aliphatic heterocycles. The Morgan fingerprint density at radius 3 is 1.31 bits per heavy atom. The summed E-state index contributed by atoms with van der Waals surface area (Å²) in [5.74, 6) is -4.80. The van der Waals surface area contributed by atoms with Crippen LogP contribution in [0.15, 0.2) is 0 Å². The average molecular weight is 265 g/mol. The van der Waals surface area contributed by atoms with Crippen molar-refractivity contribution in [1.29, 1.82) is 0 Å². The van der Waals surface area contributed by atoms with Crippen LogP contribution in [0.3, 0.4) is 0 Å². The summed E-state index contributed by atoms with van der Waals surface area (Å²) in [5.41, 5.74) is 0. The first-order valence-corrected chi connectivity index (χ1v) is 5.08. The molecule has 2 saturated heterocycles. The predicted octanol–water partition coefficient (Wildman–Crippen LogP) is 2.04. The van der Waals surface area contributed by atoms with Crippen LogP contribution < -0.4 is 10.6 Å². The largest absolute Gasteiger partial charge is 0.316 e. The normalized spacial score (nSPS) is 26.2. The summed E-state index contributed by atoms with van der Waals surface area (Å²) in [6.45, 7) is 1.26. The summed E-state index contributed by atoms with van der Waals surface area (Å²) in [7, 11) is 0. The first-order valence-electron chi connectivity index (χ1n) is 5.08. The Morgan fingerprint density at radius 2 is 1.12 bits per heavy atom. The number of hydrogen-bond donors (Lipinski definition) is 2. The van der Waals surface area contributed by atoms with E-state index in [9.17, 15) is 17.6 Å². The lowest BCUT2D eigenvalue weighted by atomic mass is 10.1. The molecule has 7 heteroatoms. The Bertz CT molecular complexity index is 186. The van der Waals surface area contributed by atoms with E-state index in [2.05, 4.69) is 10.6 Å². The van der Waals surface area contributed by atoms with Gasteiger partial charge in [0.15, 0.2) is 0 Å². The lowest BCUT2D eigenvalue weighted by Crippen LogP contribution is -2.35. The van der Waals surface area contributed by atoms with Crippen molar-refractivity contribution in [2.24, 2.45) is 0 Å². The van der Waals surface area contributed by atoms with Gasteiger partial charge in [0, 0.05) is 38.9 Å². The second-order valence-electron chi connectivity index (χ2n) is 3.89. The number of hydrogen-bond acceptors (Lipinski definition) is 2. The fraction of sp³-hybridized carbons (Fsp3) is 1.00. The second-order valence-corrected chi connectivity index (χ2v) is 3.89. The molecule has 98 valence electrons. The van der Waals surface area contributed by atoms with Crippen molar-refractivity contribution in [3.63, 3.8) is 0 Å². The van der Waals surface area contributed by atoms with E-state index in [1.807, 2.05) is 0 Å². The van der Waals surface area contributed by atoms with Gasteiger partial charge < -0.3 is 10.6 Å². The third-order valence-corrected chi connectivity index (χ3v) is 2.39. The summed E-state index contributed by atoms with van der Waals surface area (Å²) in [4.78, 5) is 0. The summed E-state index contributed by atoms with van der Waals surface area (Å²) in [6, 6.07) is 0. The summed E-state index contributed by atoms with van der Waals surface area (Å²) < 4.78 is 48.1. The number of alkyl halides is 4. The first-order chi connectivity index (χ1) is 6.91. The van der Waals surface area contributed by atoms with Crippen LogP contribution in [0.4, 0.5) is 17.6 Å². The van der Waals surface area contributed by atoms with Crippen LogP contribution in [0.2, 0.25) is 0 Å². The van der Waals surface area contributed by atoms with Gasteiger partial charge in [-0.25, -0.2) is 17.6 Å². The highest BCUT2D eigenvalue weighted by molar-refractivity contribution is 5.85. The van der Waals surface area contributed by atoms with Crippen molar-refractivity contribution < 1.29 is 17.6 Å². The standard InChI is InChI=1S/C5H9F2N.C4H7F2N.ClH/c6-5(7)1-3-8-4-2-5;5-4(6)1-2-7-3-4;/h8H,1-4H2;7H,1-3H2;1H. The zero-order valence-corrected chi connectivity index (χ0v) is 9.69. The maximum atomic E-state index is 12.2. The Balaban J connectivity index is 0.000000267. The Kier molecular flexibility index (Phi) is 6.58. The quantitative estimate of drug-likeness (QED) is 0.655. The lowest BCUT2D eigenvalue weighted by Gasteiger charge is -2.21. The number of halogens is 5. The van der Waals surface area contributed by atoms with E-state index < -0.39 is 11.8 Å². The molecule has 2 fully saturated rings. The SMILES string of the molecule is Cl.FC1(F)CCNC1.FC1(F)CCNCC1. The molecule has 0 unspecified atom stereocenters.